The first-order valence-corrected chi connectivity index (χ1v) is 7.96. The molecule has 0 bridgehead atoms. The fourth-order valence-corrected chi connectivity index (χ4v) is 2.74. The van der Waals surface area contributed by atoms with Gasteiger partial charge in [0, 0.05) is 5.56 Å². The number of carbonyl (C=O) groups excluding carboxylic acids is 1. The Morgan fingerprint density at radius 1 is 1.00 bits per heavy atom. The standard InChI is InChI=1S/C21H18N2O2/c1-23(2)19(14-22)18-12-16-10-6-7-11-17(16)13-20(18)25-21(24)15-8-4-3-5-9-15/h3-13,19H,1-2H3. The average Bonchev–Trinajstić information content (AvgIpc) is 2.63. The van der Waals surface area contributed by atoms with Crippen LogP contribution in [0, 0.1) is 11.3 Å². The molecule has 124 valence electrons. The second-order valence-corrected chi connectivity index (χ2v) is 5.99. The van der Waals surface area contributed by atoms with Crippen molar-refractivity contribution in [3.63, 3.8) is 0 Å². The van der Waals surface area contributed by atoms with Crippen molar-refractivity contribution in [3.05, 3.63) is 77.9 Å². The molecule has 0 heterocycles. The van der Waals surface area contributed by atoms with Gasteiger partial charge in [0.05, 0.1) is 11.6 Å². The molecule has 1 atom stereocenters. The summed E-state index contributed by atoms with van der Waals surface area (Å²) in [5.74, 6) is -0.0274. The van der Waals surface area contributed by atoms with E-state index in [-0.39, 0.29) is 0 Å². The van der Waals surface area contributed by atoms with E-state index in [4.69, 9.17) is 4.74 Å². The van der Waals surface area contributed by atoms with E-state index in [1.807, 2.05) is 56.6 Å². The predicted octanol–water partition coefficient (Wildman–Crippen LogP) is 4.19. The van der Waals surface area contributed by atoms with Gasteiger partial charge in [-0.3, -0.25) is 4.90 Å². The van der Waals surface area contributed by atoms with Crippen LogP contribution in [0.1, 0.15) is 22.0 Å². The number of esters is 1. The van der Waals surface area contributed by atoms with Crippen molar-refractivity contribution in [1.29, 1.82) is 5.26 Å². The molecule has 3 aromatic carbocycles. The molecule has 0 N–H and O–H groups in total. The lowest BCUT2D eigenvalue weighted by Crippen LogP contribution is -2.20. The highest BCUT2D eigenvalue weighted by Gasteiger charge is 2.21. The largest absolute Gasteiger partial charge is 0.423 e. The van der Waals surface area contributed by atoms with Crippen LogP contribution in [0.25, 0.3) is 10.8 Å². The average molecular weight is 330 g/mol. The Labute approximate surface area is 146 Å². The molecule has 0 aliphatic heterocycles. The van der Waals surface area contributed by atoms with Crippen molar-refractivity contribution in [1.82, 2.24) is 4.90 Å². The molecule has 0 aromatic heterocycles. The third-order valence-corrected chi connectivity index (χ3v) is 4.02. The second kappa shape index (κ2) is 7.16. The number of hydrogen-bond acceptors (Lipinski definition) is 4. The molecule has 3 aromatic rings. The Kier molecular flexibility index (Phi) is 4.78. The van der Waals surface area contributed by atoms with Crippen LogP contribution < -0.4 is 4.74 Å². The minimum Gasteiger partial charge on any atom is -0.423 e. The van der Waals surface area contributed by atoms with Gasteiger partial charge in [-0.1, -0.05) is 42.5 Å². The molecule has 0 aliphatic carbocycles. The molecule has 3 rings (SSSR count). The second-order valence-electron chi connectivity index (χ2n) is 5.99. The van der Waals surface area contributed by atoms with Crippen molar-refractivity contribution in [2.24, 2.45) is 0 Å². The molecule has 1 unspecified atom stereocenters. The van der Waals surface area contributed by atoms with Gasteiger partial charge in [0.25, 0.3) is 0 Å². The number of benzene rings is 3. The maximum Gasteiger partial charge on any atom is 0.343 e. The monoisotopic (exact) mass is 330 g/mol. The van der Waals surface area contributed by atoms with Crippen molar-refractivity contribution in [2.75, 3.05) is 14.1 Å². The van der Waals surface area contributed by atoms with Crippen LogP contribution in [-0.2, 0) is 0 Å². The smallest absolute Gasteiger partial charge is 0.343 e. The number of nitrogens with zero attached hydrogens (tertiary/aromatic N) is 2. The van der Waals surface area contributed by atoms with Crippen LogP contribution in [-0.4, -0.2) is 25.0 Å². The zero-order valence-electron chi connectivity index (χ0n) is 14.1. The molecular formula is C21H18N2O2. The highest BCUT2D eigenvalue weighted by atomic mass is 16.5. The molecule has 0 aliphatic rings. The molecule has 0 amide bonds. The molecule has 0 saturated heterocycles. The summed E-state index contributed by atoms with van der Waals surface area (Å²) in [7, 11) is 3.65. The quantitative estimate of drug-likeness (QED) is 0.532. The number of fused-ring (bicyclic) bond motifs is 1. The zero-order valence-corrected chi connectivity index (χ0v) is 14.1. The minimum absolute atomic E-state index is 0.410. The summed E-state index contributed by atoms with van der Waals surface area (Å²) in [5, 5.41) is 11.5. The molecule has 25 heavy (non-hydrogen) atoms. The van der Waals surface area contributed by atoms with Crippen LogP contribution in [0.15, 0.2) is 66.7 Å². The molecule has 4 nitrogen and oxygen atoms in total. The normalized spacial score (nSPS) is 11.9. The molecule has 0 saturated carbocycles. The number of rotatable bonds is 4. The number of ether oxygens (including phenoxy) is 1. The first-order chi connectivity index (χ1) is 12.1. The van der Waals surface area contributed by atoms with E-state index in [0.717, 1.165) is 10.8 Å². The molecule has 4 heteroatoms. The molecule has 0 fully saturated rings. The summed E-state index contributed by atoms with van der Waals surface area (Å²) in [6, 6.07) is 22.1. The predicted molar refractivity (Wildman–Crippen MR) is 97.4 cm³/mol. The van der Waals surface area contributed by atoms with Crippen molar-refractivity contribution in [2.45, 2.75) is 6.04 Å². The topological polar surface area (TPSA) is 53.3 Å². The van der Waals surface area contributed by atoms with Crippen LogP contribution in [0.5, 0.6) is 5.75 Å². The van der Waals surface area contributed by atoms with Crippen molar-refractivity contribution >= 4 is 16.7 Å². The van der Waals surface area contributed by atoms with E-state index in [0.29, 0.717) is 16.9 Å². The van der Waals surface area contributed by atoms with Crippen molar-refractivity contribution < 1.29 is 9.53 Å². The van der Waals surface area contributed by atoms with Gasteiger partial charge >= 0.3 is 5.97 Å². The summed E-state index contributed by atoms with van der Waals surface area (Å²) in [6.45, 7) is 0. The van der Waals surface area contributed by atoms with Gasteiger partial charge in [0.1, 0.15) is 11.8 Å². The van der Waals surface area contributed by atoms with Crippen molar-refractivity contribution in [3.8, 4) is 11.8 Å². The minimum atomic E-state index is -0.511. The highest BCUT2D eigenvalue weighted by molar-refractivity contribution is 5.92. The Morgan fingerprint density at radius 2 is 1.60 bits per heavy atom. The Morgan fingerprint density at radius 3 is 2.20 bits per heavy atom. The third-order valence-electron chi connectivity index (χ3n) is 4.02. The molecule has 0 spiro atoms. The maximum absolute atomic E-state index is 12.5. The summed E-state index contributed by atoms with van der Waals surface area (Å²) in [6.07, 6.45) is 0. The first kappa shape index (κ1) is 16.7. The third kappa shape index (κ3) is 3.52. The molecule has 0 radical (unpaired) electrons. The lowest BCUT2D eigenvalue weighted by Gasteiger charge is -2.21. The first-order valence-electron chi connectivity index (χ1n) is 7.96. The fraction of sp³-hybridized carbons (Fsp3) is 0.143. The zero-order chi connectivity index (χ0) is 17.8. The number of hydrogen-bond donors (Lipinski definition) is 0. The fourth-order valence-electron chi connectivity index (χ4n) is 2.74. The highest BCUT2D eigenvalue weighted by Crippen LogP contribution is 2.33. The number of nitriles is 1. The van der Waals surface area contributed by atoms with Crippen LogP contribution in [0.3, 0.4) is 0 Å². The van der Waals surface area contributed by atoms with E-state index >= 15 is 0 Å². The lowest BCUT2D eigenvalue weighted by atomic mass is 10.0. The van der Waals surface area contributed by atoms with E-state index < -0.39 is 12.0 Å². The Hall–Kier alpha value is -3.16. The van der Waals surface area contributed by atoms with Crippen LogP contribution in [0.2, 0.25) is 0 Å². The maximum atomic E-state index is 12.5. The van der Waals surface area contributed by atoms with Crippen LogP contribution >= 0.6 is 0 Å². The SMILES string of the molecule is CN(C)C(C#N)c1cc2ccccc2cc1OC(=O)c1ccccc1. The molecular weight excluding hydrogens is 312 g/mol. The van der Waals surface area contributed by atoms with Gasteiger partial charge < -0.3 is 4.74 Å². The van der Waals surface area contributed by atoms with Gasteiger partial charge in [0.15, 0.2) is 0 Å². The van der Waals surface area contributed by atoms with E-state index in [1.165, 1.54) is 0 Å². The lowest BCUT2D eigenvalue weighted by molar-refractivity contribution is 0.0732. The van der Waals surface area contributed by atoms with E-state index in [1.54, 1.807) is 29.2 Å². The summed E-state index contributed by atoms with van der Waals surface area (Å²) < 4.78 is 5.66. The Balaban J connectivity index is 2.08. The van der Waals surface area contributed by atoms with Gasteiger partial charge in [-0.05, 0) is 49.1 Å². The van der Waals surface area contributed by atoms with Gasteiger partial charge in [0.2, 0.25) is 0 Å². The number of carbonyl (C=O) groups is 1. The summed E-state index contributed by atoms with van der Waals surface area (Å²) in [5.41, 5.74) is 1.15. The van der Waals surface area contributed by atoms with E-state index in [9.17, 15) is 10.1 Å². The van der Waals surface area contributed by atoms with Crippen LogP contribution in [0.4, 0.5) is 0 Å². The van der Waals surface area contributed by atoms with Gasteiger partial charge in [-0.2, -0.15) is 5.26 Å². The van der Waals surface area contributed by atoms with E-state index in [2.05, 4.69) is 6.07 Å². The van der Waals surface area contributed by atoms with Gasteiger partial charge in [-0.15, -0.1) is 0 Å². The summed E-state index contributed by atoms with van der Waals surface area (Å²) >= 11 is 0. The summed E-state index contributed by atoms with van der Waals surface area (Å²) in [4.78, 5) is 14.3. The Bertz CT molecular complexity index is 943. The van der Waals surface area contributed by atoms with Gasteiger partial charge in [-0.25, -0.2) is 4.79 Å².